The zero-order chi connectivity index (χ0) is 29.6. The molecule has 2 N–H and O–H groups in total. The van der Waals surface area contributed by atoms with E-state index in [4.69, 9.17) is 14.2 Å². The molecule has 224 valence electrons. The molecule has 0 radical (unpaired) electrons. The second-order valence-electron chi connectivity index (χ2n) is 11.9. The Hall–Kier alpha value is -3.04. The van der Waals surface area contributed by atoms with Gasteiger partial charge in [0.1, 0.15) is 11.4 Å². The van der Waals surface area contributed by atoms with Crippen molar-refractivity contribution in [3.05, 3.63) is 35.4 Å². The van der Waals surface area contributed by atoms with E-state index in [0.29, 0.717) is 50.4 Å². The summed E-state index contributed by atoms with van der Waals surface area (Å²) in [6.45, 7) is 4.88. The molecule has 0 aromatic heterocycles. The number of carbonyl (C=O) groups excluding carboxylic acids is 4. The van der Waals surface area contributed by atoms with E-state index in [0.717, 1.165) is 19.3 Å². The maximum Gasteiger partial charge on any atom is 0.223 e. The molecule has 0 saturated carbocycles. The molecular weight excluding hydrogens is 526 g/mol. The fourth-order valence-electron chi connectivity index (χ4n) is 5.80. The number of benzene rings is 1. The summed E-state index contributed by atoms with van der Waals surface area (Å²) in [7, 11) is 1.45. The standard InChI is InChI=1S/C32H43NO8/c1-20(14-26(34)23-10-12-40-13-11-23)31(38)33-25(16-22-8-9-29(39-3)28(36)17-22)27(35)18-24(15-21-6-4-5-7-21)30(37)32(2)19-41-32/h6,8-9,17,20,23-25,36H,4-5,7,10-16,18-19H2,1-3H3,(H,33,38)/t20-,24+,25-,32+/m0/s1. The van der Waals surface area contributed by atoms with E-state index >= 15 is 0 Å². The number of hydrogen-bond acceptors (Lipinski definition) is 8. The lowest BCUT2D eigenvalue weighted by Gasteiger charge is -2.25. The van der Waals surface area contributed by atoms with Gasteiger partial charge in [0.05, 0.1) is 19.8 Å². The highest BCUT2D eigenvalue weighted by Crippen LogP contribution is 2.36. The first-order valence-corrected chi connectivity index (χ1v) is 14.7. The molecule has 4 atom stereocenters. The smallest absolute Gasteiger partial charge is 0.223 e. The van der Waals surface area contributed by atoms with Gasteiger partial charge in [0.25, 0.3) is 0 Å². The maximum absolute atomic E-state index is 13.8. The van der Waals surface area contributed by atoms with Crippen molar-refractivity contribution in [2.24, 2.45) is 17.8 Å². The molecule has 1 amide bonds. The fourth-order valence-corrected chi connectivity index (χ4v) is 5.80. The molecule has 2 fully saturated rings. The summed E-state index contributed by atoms with van der Waals surface area (Å²) in [5.74, 6) is -1.75. The van der Waals surface area contributed by atoms with E-state index in [1.807, 2.05) is 0 Å². The van der Waals surface area contributed by atoms with Crippen LogP contribution in [0.1, 0.15) is 70.8 Å². The Morgan fingerprint density at radius 3 is 2.49 bits per heavy atom. The van der Waals surface area contributed by atoms with Gasteiger partial charge in [-0.1, -0.05) is 24.6 Å². The van der Waals surface area contributed by atoms with E-state index < -0.39 is 23.5 Å². The molecule has 9 heteroatoms. The van der Waals surface area contributed by atoms with Gasteiger partial charge in [0.15, 0.2) is 23.1 Å². The van der Waals surface area contributed by atoms with Gasteiger partial charge in [-0.05, 0) is 69.6 Å². The zero-order valence-electron chi connectivity index (χ0n) is 24.4. The number of phenolic OH excluding ortho intramolecular Hbond substituents is 1. The Morgan fingerprint density at radius 1 is 1.15 bits per heavy atom. The summed E-state index contributed by atoms with van der Waals surface area (Å²) in [6.07, 6.45) is 7.08. The minimum absolute atomic E-state index is 0.0302. The predicted molar refractivity (Wildman–Crippen MR) is 152 cm³/mol. The highest BCUT2D eigenvalue weighted by molar-refractivity contribution is 5.97. The molecule has 2 saturated heterocycles. The topological polar surface area (TPSA) is 132 Å². The SMILES string of the molecule is COc1ccc(C[C@H](NC(=O)[C@@H](C)CC(=O)C2CCOCC2)C(=O)C[C@@H](CC2=CCCC2)C(=O)[C@@]2(C)CO2)cc1O. The molecule has 9 nitrogen and oxygen atoms in total. The lowest BCUT2D eigenvalue weighted by Crippen LogP contribution is -2.46. The van der Waals surface area contributed by atoms with Gasteiger partial charge < -0.3 is 24.6 Å². The number of carbonyl (C=O) groups is 4. The van der Waals surface area contributed by atoms with Gasteiger partial charge in [-0.15, -0.1) is 0 Å². The van der Waals surface area contributed by atoms with Gasteiger partial charge in [0.2, 0.25) is 5.91 Å². The minimum atomic E-state index is -0.934. The van der Waals surface area contributed by atoms with Crippen LogP contribution in [0.4, 0.5) is 0 Å². The number of allylic oxidation sites excluding steroid dienone is 2. The average molecular weight is 570 g/mol. The van der Waals surface area contributed by atoms with Crippen molar-refractivity contribution in [1.29, 1.82) is 0 Å². The van der Waals surface area contributed by atoms with Crippen LogP contribution in [-0.2, 0) is 35.1 Å². The van der Waals surface area contributed by atoms with Crippen molar-refractivity contribution >= 4 is 23.3 Å². The number of amides is 1. The average Bonchev–Trinajstić information content (AvgIpc) is 3.50. The molecule has 0 unspecified atom stereocenters. The van der Waals surface area contributed by atoms with Crippen LogP contribution in [-0.4, -0.2) is 66.9 Å². The fraction of sp³-hybridized carbons (Fsp3) is 0.625. The minimum Gasteiger partial charge on any atom is -0.504 e. The van der Waals surface area contributed by atoms with Crippen LogP contribution in [0.2, 0.25) is 0 Å². The quantitative estimate of drug-likeness (QED) is 0.240. The van der Waals surface area contributed by atoms with Crippen LogP contribution in [0.3, 0.4) is 0 Å². The number of ether oxygens (including phenoxy) is 3. The first kappa shape index (κ1) is 30.9. The molecule has 2 aliphatic heterocycles. The van der Waals surface area contributed by atoms with E-state index in [9.17, 15) is 24.3 Å². The Balaban J connectivity index is 1.49. The molecule has 1 aromatic carbocycles. The van der Waals surface area contributed by atoms with Crippen LogP contribution < -0.4 is 10.1 Å². The predicted octanol–water partition coefficient (Wildman–Crippen LogP) is 3.88. The monoisotopic (exact) mass is 569 g/mol. The van der Waals surface area contributed by atoms with Crippen molar-refractivity contribution in [1.82, 2.24) is 5.32 Å². The number of epoxide rings is 1. The lowest BCUT2D eigenvalue weighted by atomic mass is 9.83. The van der Waals surface area contributed by atoms with Gasteiger partial charge in [-0.3, -0.25) is 19.2 Å². The first-order chi connectivity index (χ1) is 19.6. The number of methoxy groups -OCH3 is 1. The number of phenols is 1. The molecule has 1 aliphatic carbocycles. The van der Waals surface area contributed by atoms with Crippen LogP contribution >= 0.6 is 0 Å². The normalized spacial score (nSPS) is 22.8. The van der Waals surface area contributed by atoms with E-state index in [-0.39, 0.29) is 54.2 Å². The summed E-state index contributed by atoms with van der Waals surface area (Å²) in [4.78, 5) is 53.3. The molecule has 1 aromatic rings. The Kier molecular flexibility index (Phi) is 10.4. The van der Waals surface area contributed by atoms with Crippen molar-refractivity contribution in [2.45, 2.75) is 83.3 Å². The third kappa shape index (κ3) is 8.26. The van der Waals surface area contributed by atoms with E-state index in [2.05, 4.69) is 11.4 Å². The molecule has 2 heterocycles. The van der Waals surface area contributed by atoms with Gasteiger partial charge in [-0.2, -0.15) is 0 Å². The number of nitrogens with one attached hydrogen (secondary N) is 1. The number of ketones is 3. The van der Waals surface area contributed by atoms with Crippen LogP contribution in [0.15, 0.2) is 29.8 Å². The van der Waals surface area contributed by atoms with Gasteiger partial charge in [0, 0.05) is 43.8 Å². The summed E-state index contributed by atoms with van der Waals surface area (Å²) in [6, 6.07) is 3.91. The highest BCUT2D eigenvalue weighted by Gasteiger charge is 2.50. The first-order valence-electron chi connectivity index (χ1n) is 14.7. The number of hydrogen-bond donors (Lipinski definition) is 2. The van der Waals surface area contributed by atoms with Gasteiger partial charge in [-0.25, -0.2) is 0 Å². The summed E-state index contributed by atoms with van der Waals surface area (Å²) < 4.78 is 15.9. The van der Waals surface area contributed by atoms with E-state index in [1.54, 1.807) is 26.0 Å². The molecule has 3 aliphatic rings. The van der Waals surface area contributed by atoms with Gasteiger partial charge >= 0.3 is 0 Å². The molecule has 4 rings (SSSR count). The lowest BCUT2D eigenvalue weighted by molar-refractivity contribution is -0.135. The van der Waals surface area contributed by atoms with Crippen molar-refractivity contribution in [3.8, 4) is 11.5 Å². The van der Waals surface area contributed by atoms with Crippen LogP contribution in [0, 0.1) is 17.8 Å². The van der Waals surface area contributed by atoms with Crippen molar-refractivity contribution < 1.29 is 38.5 Å². The maximum atomic E-state index is 13.8. The highest BCUT2D eigenvalue weighted by atomic mass is 16.6. The second kappa shape index (κ2) is 13.7. The van der Waals surface area contributed by atoms with Crippen molar-refractivity contribution in [3.63, 3.8) is 0 Å². The third-order valence-corrected chi connectivity index (χ3v) is 8.58. The Morgan fingerprint density at radius 2 is 1.88 bits per heavy atom. The number of rotatable bonds is 15. The number of aromatic hydroxyl groups is 1. The molecule has 0 bridgehead atoms. The van der Waals surface area contributed by atoms with Crippen molar-refractivity contribution in [2.75, 3.05) is 26.9 Å². The second-order valence-corrected chi connectivity index (χ2v) is 11.9. The molecule has 41 heavy (non-hydrogen) atoms. The number of Topliss-reactive ketones (excluding diaryl/α,β-unsaturated/α-hetero) is 3. The van der Waals surface area contributed by atoms with Crippen LogP contribution in [0.25, 0.3) is 0 Å². The Bertz CT molecular complexity index is 1160. The molecular formula is C32H43NO8. The zero-order valence-corrected chi connectivity index (χ0v) is 24.4. The summed E-state index contributed by atoms with van der Waals surface area (Å²) in [5, 5.41) is 13.2. The Labute approximate surface area is 242 Å². The van der Waals surface area contributed by atoms with E-state index in [1.165, 1.54) is 18.7 Å². The largest absolute Gasteiger partial charge is 0.504 e. The van der Waals surface area contributed by atoms with Crippen LogP contribution in [0.5, 0.6) is 11.5 Å². The summed E-state index contributed by atoms with van der Waals surface area (Å²) in [5.41, 5.74) is 0.956. The third-order valence-electron chi connectivity index (χ3n) is 8.58. The summed E-state index contributed by atoms with van der Waals surface area (Å²) >= 11 is 0. The molecule has 0 spiro atoms.